The Labute approximate surface area is 120 Å². The van der Waals surface area contributed by atoms with Crippen molar-refractivity contribution in [2.45, 2.75) is 32.1 Å². The van der Waals surface area contributed by atoms with Crippen molar-refractivity contribution in [1.29, 1.82) is 0 Å². The van der Waals surface area contributed by atoms with Gasteiger partial charge in [0, 0.05) is 26.1 Å². The van der Waals surface area contributed by atoms with Crippen LogP contribution in [0.1, 0.15) is 32.1 Å². The van der Waals surface area contributed by atoms with Crippen molar-refractivity contribution in [2.75, 3.05) is 39.3 Å². The van der Waals surface area contributed by atoms with Gasteiger partial charge >= 0.3 is 12.0 Å². The first-order valence-corrected chi connectivity index (χ1v) is 7.62. The predicted molar refractivity (Wildman–Crippen MR) is 75.6 cm³/mol. The molecule has 0 spiro atoms. The van der Waals surface area contributed by atoms with E-state index in [4.69, 9.17) is 5.11 Å². The molecule has 2 fully saturated rings. The fourth-order valence-corrected chi connectivity index (χ4v) is 3.05. The van der Waals surface area contributed by atoms with E-state index in [1.165, 1.54) is 25.9 Å². The van der Waals surface area contributed by atoms with E-state index in [9.17, 15) is 9.59 Å². The van der Waals surface area contributed by atoms with Crippen LogP contribution in [0.3, 0.4) is 0 Å². The summed E-state index contributed by atoms with van der Waals surface area (Å²) in [7, 11) is 0. The largest absolute Gasteiger partial charge is 0.481 e. The Kier molecular flexibility index (Phi) is 5.64. The number of hydrogen-bond donors (Lipinski definition) is 2. The van der Waals surface area contributed by atoms with Crippen LogP contribution in [0.4, 0.5) is 4.79 Å². The molecule has 114 valence electrons. The van der Waals surface area contributed by atoms with Gasteiger partial charge < -0.3 is 20.2 Å². The van der Waals surface area contributed by atoms with Gasteiger partial charge in [-0.15, -0.1) is 0 Å². The molecule has 2 saturated heterocycles. The molecule has 0 aromatic rings. The molecule has 2 rings (SSSR count). The molecule has 0 aromatic heterocycles. The van der Waals surface area contributed by atoms with Crippen molar-refractivity contribution in [2.24, 2.45) is 5.92 Å². The summed E-state index contributed by atoms with van der Waals surface area (Å²) in [4.78, 5) is 26.7. The van der Waals surface area contributed by atoms with Gasteiger partial charge in [0.25, 0.3) is 0 Å². The molecule has 6 nitrogen and oxygen atoms in total. The van der Waals surface area contributed by atoms with Crippen LogP contribution in [0.25, 0.3) is 0 Å². The van der Waals surface area contributed by atoms with Crippen LogP contribution < -0.4 is 5.32 Å². The fraction of sp³-hybridized carbons (Fsp3) is 0.857. The molecule has 0 saturated carbocycles. The van der Waals surface area contributed by atoms with Gasteiger partial charge in [0.1, 0.15) is 0 Å². The summed E-state index contributed by atoms with van der Waals surface area (Å²) in [6, 6.07) is -0.0423. The molecule has 1 unspecified atom stereocenters. The number of urea groups is 1. The number of carboxylic acid groups (broad SMARTS) is 1. The van der Waals surface area contributed by atoms with Gasteiger partial charge in [0.15, 0.2) is 0 Å². The Hall–Kier alpha value is -1.30. The maximum atomic E-state index is 11.9. The van der Waals surface area contributed by atoms with Crippen LogP contribution in [0, 0.1) is 5.92 Å². The number of carbonyl (C=O) groups excluding carboxylic acids is 1. The molecule has 0 aliphatic carbocycles. The van der Waals surface area contributed by atoms with Gasteiger partial charge in [-0.2, -0.15) is 0 Å². The predicted octanol–water partition coefficient (Wildman–Crippen LogP) is 0.978. The van der Waals surface area contributed by atoms with Crippen molar-refractivity contribution in [3.63, 3.8) is 0 Å². The third kappa shape index (κ3) is 4.67. The van der Waals surface area contributed by atoms with E-state index in [2.05, 4.69) is 10.2 Å². The Balaban J connectivity index is 1.57. The fourth-order valence-electron chi connectivity index (χ4n) is 3.05. The van der Waals surface area contributed by atoms with Gasteiger partial charge in [-0.3, -0.25) is 4.79 Å². The third-order valence-corrected chi connectivity index (χ3v) is 4.16. The zero-order valence-corrected chi connectivity index (χ0v) is 12.0. The average molecular weight is 283 g/mol. The Morgan fingerprint density at radius 2 is 1.95 bits per heavy atom. The van der Waals surface area contributed by atoms with Crippen molar-refractivity contribution in [3.05, 3.63) is 0 Å². The molecular weight excluding hydrogens is 258 g/mol. The molecule has 0 aromatic carbocycles. The van der Waals surface area contributed by atoms with Gasteiger partial charge in [-0.1, -0.05) is 0 Å². The first kappa shape index (κ1) is 15.1. The van der Waals surface area contributed by atoms with E-state index in [1.54, 1.807) is 4.90 Å². The highest BCUT2D eigenvalue weighted by molar-refractivity contribution is 5.74. The second-order valence-electron chi connectivity index (χ2n) is 5.83. The van der Waals surface area contributed by atoms with Crippen molar-refractivity contribution < 1.29 is 14.7 Å². The lowest BCUT2D eigenvalue weighted by Gasteiger charge is -2.18. The summed E-state index contributed by atoms with van der Waals surface area (Å²) in [5.74, 6) is -0.661. The van der Waals surface area contributed by atoms with Gasteiger partial charge in [0.05, 0.1) is 0 Å². The van der Waals surface area contributed by atoms with Crippen LogP contribution in [0.2, 0.25) is 0 Å². The van der Waals surface area contributed by atoms with Crippen molar-refractivity contribution in [1.82, 2.24) is 15.1 Å². The first-order valence-electron chi connectivity index (χ1n) is 7.62. The summed E-state index contributed by atoms with van der Waals surface area (Å²) in [6.45, 7) is 5.39. The maximum absolute atomic E-state index is 11.9. The number of hydrogen-bond acceptors (Lipinski definition) is 3. The third-order valence-electron chi connectivity index (χ3n) is 4.16. The lowest BCUT2D eigenvalue weighted by atomic mass is 10.1. The van der Waals surface area contributed by atoms with Crippen molar-refractivity contribution in [3.8, 4) is 0 Å². The maximum Gasteiger partial charge on any atom is 0.317 e. The zero-order valence-electron chi connectivity index (χ0n) is 12.0. The molecule has 6 heteroatoms. The van der Waals surface area contributed by atoms with E-state index in [1.807, 2.05) is 0 Å². The van der Waals surface area contributed by atoms with E-state index < -0.39 is 5.97 Å². The molecule has 0 radical (unpaired) electrons. The summed E-state index contributed by atoms with van der Waals surface area (Å²) in [5, 5.41) is 11.7. The average Bonchev–Trinajstić information content (AvgIpc) is 3.04. The van der Waals surface area contributed by atoms with E-state index in [0.717, 1.165) is 19.4 Å². The smallest absolute Gasteiger partial charge is 0.317 e. The molecule has 1 atom stereocenters. The number of nitrogens with zero attached hydrogens (tertiary/aromatic N) is 2. The molecule has 20 heavy (non-hydrogen) atoms. The minimum absolute atomic E-state index is 0.0423. The number of rotatable bonds is 6. The van der Waals surface area contributed by atoms with E-state index >= 15 is 0 Å². The van der Waals surface area contributed by atoms with Gasteiger partial charge in [0.2, 0.25) is 0 Å². The molecule has 2 aliphatic heterocycles. The lowest BCUT2D eigenvalue weighted by molar-refractivity contribution is -0.138. The minimum atomic E-state index is -0.775. The standard InChI is InChI=1S/C14H25N3O3/c18-13(19)10-12-4-9-17(11-12)14(20)15-5-3-8-16-6-1-2-7-16/h12H,1-11H2,(H,15,20)(H,18,19). The quantitative estimate of drug-likeness (QED) is 0.713. The SMILES string of the molecule is O=C(O)CC1CCN(C(=O)NCCCN2CCCC2)C1. The van der Waals surface area contributed by atoms with Crippen LogP contribution in [-0.2, 0) is 4.79 Å². The lowest BCUT2D eigenvalue weighted by Crippen LogP contribution is -2.39. The van der Waals surface area contributed by atoms with Crippen LogP contribution in [-0.4, -0.2) is 66.2 Å². The number of carboxylic acids is 1. The molecule has 0 bridgehead atoms. The minimum Gasteiger partial charge on any atom is -0.481 e. The number of carbonyl (C=O) groups is 2. The summed E-state index contributed by atoms with van der Waals surface area (Å²) in [5.41, 5.74) is 0. The van der Waals surface area contributed by atoms with Gasteiger partial charge in [-0.25, -0.2) is 4.79 Å². The number of aliphatic carboxylic acids is 1. The molecule has 2 aliphatic rings. The normalized spacial score (nSPS) is 23.2. The highest BCUT2D eigenvalue weighted by Crippen LogP contribution is 2.19. The summed E-state index contributed by atoms with van der Waals surface area (Å²) >= 11 is 0. The highest BCUT2D eigenvalue weighted by atomic mass is 16.4. The Morgan fingerprint density at radius 1 is 1.20 bits per heavy atom. The second-order valence-corrected chi connectivity index (χ2v) is 5.83. The van der Waals surface area contributed by atoms with Crippen LogP contribution in [0.5, 0.6) is 0 Å². The molecule has 2 heterocycles. The summed E-state index contributed by atoms with van der Waals surface area (Å²) in [6.07, 6.45) is 4.54. The number of nitrogens with one attached hydrogen (secondary N) is 1. The highest BCUT2D eigenvalue weighted by Gasteiger charge is 2.27. The Morgan fingerprint density at radius 3 is 2.65 bits per heavy atom. The van der Waals surface area contributed by atoms with Crippen molar-refractivity contribution >= 4 is 12.0 Å². The monoisotopic (exact) mass is 283 g/mol. The van der Waals surface area contributed by atoms with E-state index in [-0.39, 0.29) is 18.4 Å². The first-order chi connectivity index (χ1) is 9.65. The van der Waals surface area contributed by atoms with Crippen LogP contribution in [0.15, 0.2) is 0 Å². The number of likely N-dealkylation sites (tertiary alicyclic amines) is 2. The van der Waals surface area contributed by atoms with Gasteiger partial charge in [-0.05, 0) is 51.2 Å². The zero-order chi connectivity index (χ0) is 14.4. The molecule has 2 N–H and O–H groups in total. The molecular formula is C14H25N3O3. The number of amides is 2. The second kappa shape index (κ2) is 7.47. The van der Waals surface area contributed by atoms with Crippen LogP contribution >= 0.6 is 0 Å². The Bertz CT molecular complexity index is 343. The molecule has 2 amide bonds. The summed E-state index contributed by atoms with van der Waals surface area (Å²) < 4.78 is 0. The van der Waals surface area contributed by atoms with E-state index in [0.29, 0.717) is 19.6 Å². The topological polar surface area (TPSA) is 72.9 Å².